The van der Waals surface area contributed by atoms with Gasteiger partial charge in [0.05, 0.1) is 14.2 Å². The van der Waals surface area contributed by atoms with Crippen molar-refractivity contribution >= 4 is 0 Å². The predicted molar refractivity (Wildman–Crippen MR) is 54.0 cm³/mol. The van der Waals surface area contributed by atoms with Gasteiger partial charge in [-0.05, 0) is 24.6 Å². The fraction of sp³-hybridized carbons (Fsp3) is 0.400. The van der Waals surface area contributed by atoms with Gasteiger partial charge in [-0.2, -0.15) is 0 Å². The minimum Gasteiger partial charge on any atom is -0.502 e. The van der Waals surface area contributed by atoms with Crippen molar-refractivity contribution in [3.8, 4) is 17.2 Å². The molecule has 1 aromatic rings. The average molecular weight is 197 g/mol. The Morgan fingerprint density at radius 2 is 2.00 bits per heavy atom. The van der Waals surface area contributed by atoms with Gasteiger partial charge in [-0.3, -0.25) is 0 Å². The number of methoxy groups -OCH3 is 2. The van der Waals surface area contributed by atoms with Crippen LogP contribution in [0.2, 0.25) is 0 Å². The lowest BCUT2D eigenvalue weighted by molar-refractivity contribution is 0.337. The van der Waals surface area contributed by atoms with Gasteiger partial charge in [-0.15, -0.1) is 0 Å². The third-order valence-corrected chi connectivity index (χ3v) is 2.01. The highest BCUT2D eigenvalue weighted by Crippen LogP contribution is 2.38. The zero-order valence-electron chi connectivity index (χ0n) is 8.41. The molecule has 4 nitrogen and oxygen atoms in total. The molecule has 1 aromatic carbocycles. The van der Waals surface area contributed by atoms with Crippen LogP contribution in [-0.4, -0.2) is 25.9 Å². The van der Waals surface area contributed by atoms with Gasteiger partial charge in [0.25, 0.3) is 0 Å². The standard InChI is InChI=1S/C10H15NO3/c1-13-8-4-3-7(5-6-11)10(14-2)9(8)12/h3-4,12H,5-6,11H2,1-2H3. The summed E-state index contributed by atoms with van der Waals surface area (Å²) in [5.41, 5.74) is 6.32. The van der Waals surface area contributed by atoms with Crippen LogP contribution < -0.4 is 15.2 Å². The number of aromatic hydroxyl groups is 1. The summed E-state index contributed by atoms with van der Waals surface area (Å²) in [4.78, 5) is 0. The van der Waals surface area contributed by atoms with Crippen molar-refractivity contribution < 1.29 is 14.6 Å². The Morgan fingerprint density at radius 3 is 2.50 bits per heavy atom. The van der Waals surface area contributed by atoms with E-state index in [-0.39, 0.29) is 5.75 Å². The molecule has 0 amide bonds. The van der Waals surface area contributed by atoms with Gasteiger partial charge < -0.3 is 20.3 Å². The second-order valence-corrected chi connectivity index (χ2v) is 2.85. The van der Waals surface area contributed by atoms with E-state index in [1.807, 2.05) is 6.07 Å². The van der Waals surface area contributed by atoms with Crippen molar-refractivity contribution in [2.45, 2.75) is 6.42 Å². The molecule has 0 saturated heterocycles. The van der Waals surface area contributed by atoms with Crippen LogP contribution in [0.25, 0.3) is 0 Å². The first kappa shape index (κ1) is 10.7. The first-order valence-corrected chi connectivity index (χ1v) is 4.37. The topological polar surface area (TPSA) is 64.7 Å². The van der Waals surface area contributed by atoms with Crippen LogP contribution in [0, 0.1) is 0 Å². The van der Waals surface area contributed by atoms with Crippen molar-refractivity contribution in [3.05, 3.63) is 17.7 Å². The first-order valence-electron chi connectivity index (χ1n) is 4.37. The Hall–Kier alpha value is -1.42. The van der Waals surface area contributed by atoms with Crippen LogP contribution in [0.1, 0.15) is 5.56 Å². The quantitative estimate of drug-likeness (QED) is 0.753. The van der Waals surface area contributed by atoms with E-state index in [4.69, 9.17) is 15.2 Å². The van der Waals surface area contributed by atoms with E-state index in [2.05, 4.69) is 0 Å². The molecular weight excluding hydrogens is 182 g/mol. The summed E-state index contributed by atoms with van der Waals surface area (Å²) in [5.74, 6) is 0.873. The summed E-state index contributed by atoms with van der Waals surface area (Å²) in [7, 11) is 3.01. The lowest BCUT2D eigenvalue weighted by Crippen LogP contribution is -2.04. The molecule has 0 aromatic heterocycles. The van der Waals surface area contributed by atoms with E-state index in [9.17, 15) is 5.11 Å². The highest BCUT2D eigenvalue weighted by molar-refractivity contribution is 5.54. The third-order valence-electron chi connectivity index (χ3n) is 2.01. The number of benzene rings is 1. The molecule has 0 heterocycles. The second-order valence-electron chi connectivity index (χ2n) is 2.85. The van der Waals surface area contributed by atoms with Crippen molar-refractivity contribution in [1.29, 1.82) is 0 Å². The molecule has 4 heteroatoms. The van der Waals surface area contributed by atoms with Crippen LogP contribution >= 0.6 is 0 Å². The van der Waals surface area contributed by atoms with Crippen LogP contribution in [0.15, 0.2) is 12.1 Å². The molecule has 0 radical (unpaired) electrons. The van der Waals surface area contributed by atoms with Gasteiger partial charge >= 0.3 is 0 Å². The van der Waals surface area contributed by atoms with E-state index in [0.29, 0.717) is 24.5 Å². The van der Waals surface area contributed by atoms with Crippen LogP contribution in [-0.2, 0) is 6.42 Å². The molecule has 0 fully saturated rings. The van der Waals surface area contributed by atoms with E-state index in [1.165, 1.54) is 14.2 Å². The average Bonchev–Trinajstić information content (AvgIpc) is 2.19. The third kappa shape index (κ3) is 1.90. The maximum absolute atomic E-state index is 9.71. The molecule has 0 aliphatic heterocycles. The minimum atomic E-state index is 0.0287. The summed E-state index contributed by atoms with van der Waals surface area (Å²) in [5, 5.41) is 9.71. The van der Waals surface area contributed by atoms with Crippen LogP contribution in [0.3, 0.4) is 0 Å². The van der Waals surface area contributed by atoms with Gasteiger partial charge in [0.1, 0.15) is 0 Å². The molecule has 0 spiro atoms. The fourth-order valence-corrected chi connectivity index (χ4v) is 1.34. The Bertz CT molecular complexity index is 312. The number of phenolic OH excluding ortho intramolecular Hbond substituents is 1. The summed E-state index contributed by atoms with van der Waals surface area (Å²) in [6.45, 7) is 0.516. The molecule has 0 aliphatic carbocycles. The maximum Gasteiger partial charge on any atom is 0.201 e. The van der Waals surface area contributed by atoms with Gasteiger partial charge in [-0.1, -0.05) is 6.07 Å². The Balaban J connectivity index is 3.14. The summed E-state index contributed by atoms with van der Waals surface area (Å²) in [6.07, 6.45) is 0.667. The van der Waals surface area contributed by atoms with E-state index in [0.717, 1.165) is 5.56 Å². The molecule has 0 atom stereocenters. The number of nitrogens with two attached hydrogens (primary N) is 1. The van der Waals surface area contributed by atoms with Gasteiger partial charge in [0, 0.05) is 0 Å². The molecule has 0 unspecified atom stereocenters. The number of ether oxygens (including phenoxy) is 2. The molecule has 1 rings (SSSR count). The van der Waals surface area contributed by atoms with Crippen molar-refractivity contribution in [2.24, 2.45) is 5.73 Å². The lowest BCUT2D eigenvalue weighted by atomic mass is 10.1. The number of hydrogen-bond acceptors (Lipinski definition) is 4. The number of phenols is 1. The number of rotatable bonds is 4. The monoisotopic (exact) mass is 197 g/mol. The van der Waals surface area contributed by atoms with Gasteiger partial charge in [0.2, 0.25) is 5.75 Å². The Labute approximate surface area is 83.3 Å². The molecule has 78 valence electrons. The van der Waals surface area contributed by atoms with Crippen molar-refractivity contribution in [2.75, 3.05) is 20.8 Å². The fourth-order valence-electron chi connectivity index (χ4n) is 1.34. The Kier molecular flexibility index (Phi) is 3.59. The predicted octanol–water partition coefficient (Wildman–Crippen LogP) is 0.911. The van der Waals surface area contributed by atoms with Gasteiger partial charge in [-0.25, -0.2) is 0 Å². The molecule has 0 bridgehead atoms. The minimum absolute atomic E-state index is 0.0287. The highest BCUT2D eigenvalue weighted by atomic mass is 16.5. The van der Waals surface area contributed by atoms with E-state index >= 15 is 0 Å². The summed E-state index contributed by atoms with van der Waals surface area (Å²) in [6, 6.07) is 3.53. The van der Waals surface area contributed by atoms with Crippen LogP contribution in [0.5, 0.6) is 17.2 Å². The maximum atomic E-state index is 9.71. The molecule has 3 N–H and O–H groups in total. The molecule has 14 heavy (non-hydrogen) atoms. The molecule has 0 aliphatic rings. The Morgan fingerprint density at radius 1 is 1.29 bits per heavy atom. The highest BCUT2D eigenvalue weighted by Gasteiger charge is 2.12. The summed E-state index contributed by atoms with van der Waals surface area (Å²) < 4.78 is 10.0. The molecular formula is C10H15NO3. The van der Waals surface area contributed by atoms with Gasteiger partial charge in [0.15, 0.2) is 11.5 Å². The second kappa shape index (κ2) is 4.72. The largest absolute Gasteiger partial charge is 0.502 e. The lowest BCUT2D eigenvalue weighted by Gasteiger charge is -2.12. The summed E-state index contributed by atoms with van der Waals surface area (Å²) >= 11 is 0. The SMILES string of the molecule is COc1ccc(CCN)c(OC)c1O. The van der Waals surface area contributed by atoms with Crippen molar-refractivity contribution in [1.82, 2.24) is 0 Å². The van der Waals surface area contributed by atoms with Crippen molar-refractivity contribution in [3.63, 3.8) is 0 Å². The zero-order chi connectivity index (χ0) is 10.6. The zero-order valence-corrected chi connectivity index (χ0v) is 8.41. The van der Waals surface area contributed by atoms with Crippen LogP contribution in [0.4, 0.5) is 0 Å². The number of hydrogen-bond donors (Lipinski definition) is 2. The normalized spacial score (nSPS) is 9.93. The molecule has 0 saturated carbocycles. The van der Waals surface area contributed by atoms with E-state index in [1.54, 1.807) is 6.07 Å². The first-order chi connectivity index (χ1) is 6.74. The smallest absolute Gasteiger partial charge is 0.201 e. The van der Waals surface area contributed by atoms with E-state index < -0.39 is 0 Å².